The minimum absolute atomic E-state index is 0.0495. The smallest absolute Gasteiger partial charge is 0.308 e. The molecular weight excluding hydrogens is 1280 g/mol. The molecule has 0 spiro atoms. The highest BCUT2D eigenvalue weighted by Gasteiger charge is 2.49. The largest absolute Gasteiger partial charge is 0.481 e. The first-order valence-corrected chi connectivity index (χ1v) is 34.6. The van der Waals surface area contributed by atoms with Crippen LogP contribution < -0.4 is 0 Å². The predicted molar refractivity (Wildman–Crippen MR) is 363 cm³/mol. The lowest BCUT2D eigenvalue weighted by atomic mass is 9.91. The second-order valence-corrected chi connectivity index (χ2v) is 26.6. The maximum atomic E-state index is 12.6. The Morgan fingerprint density at radius 1 is 0.434 bits per heavy atom. The summed E-state index contributed by atoms with van der Waals surface area (Å²) in [5.41, 5.74) is 0.623. The Morgan fingerprint density at radius 3 is 1.07 bits per heavy atom. The Bertz CT molecular complexity index is 2890. The summed E-state index contributed by atoms with van der Waals surface area (Å²) >= 11 is 0. The van der Waals surface area contributed by atoms with Crippen molar-refractivity contribution in [3.63, 3.8) is 0 Å². The van der Waals surface area contributed by atoms with Crippen LogP contribution in [0.2, 0.25) is 0 Å². The van der Waals surface area contributed by atoms with Crippen molar-refractivity contribution in [2.75, 3.05) is 19.8 Å². The Labute approximate surface area is 583 Å². The second kappa shape index (κ2) is 43.2. The number of carbonyl (C=O) groups excluding carboxylic acids is 2. The molecule has 3 aliphatic heterocycles. The summed E-state index contributed by atoms with van der Waals surface area (Å²) in [5.74, 6) is -4.36. The second-order valence-electron chi connectivity index (χ2n) is 26.6. The van der Waals surface area contributed by atoms with Gasteiger partial charge in [-0.25, -0.2) is 0 Å². The molecule has 0 aliphatic carbocycles. The van der Waals surface area contributed by atoms with E-state index in [1.165, 1.54) is 13.8 Å². The topological polar surface area (TPSA) is 341 Å². The molecule has 24 nitrogen and oxygen atoms in total. The van der Waals surface area contributed by atoms with Crippen LogP contribution in [-0.2, 0) is 102 Å². The molecule has 20 atom stereocenters. The first-order valence-electron chi connectivity index (χ1n) is 34.6. The average Bonchev–Trinajstić information content (AvgIpc) is 0.806. The molecule has 2 unspecified atom stereocenters. The molecular formula is C75H110O24. The number of hydrogen-bond donors (Lipinski definition) is 8. The van der Waals surface area contributed by atoms with Crippen LogP contribution in [-0.4, -0.2) is 194 Å². The number of benzene rings is 4. The Morgan fingerprint density at radius 2 is 0.737 bits per heavy atom. The zero-order chi connectivity index (χ0) is 72.7. The summed E-state index contributed by atoms with van der Waals surface area (Å²) in [5, 5.41) is 78.0. The van der Waals surface area contributed by atoms with Gasteiger partial charge in [0.15, 0.2) is 18.9 Å². The Kier molecular flexibility index (Phi) is 36.5. The minimum Gasteiger partial charge on any atom is -0.481 e. The van der Waals surface area contributed by atoms with Crippen LogP contribution in [0, 0.1) is 11.8 Å². The molecule has 99 heavy (non-hydrogen) atoms. The van der Waals surface area contributed by atoms with Crippen molar-refractivity contribution in [3.05, 3.63) is 144 Å². The van der Waals surface area contributed by atoms with E-state index in [2.05, 4.69) is 27.7 Å². The number of ether oxygens (including phenoxy) is 12. The Balaban J connectivity index is 0.000000275. The number of carboxylic acids is 2. The zero-order valence-corrected chi connectivity index (χ0v) is 59.1. The van der Waals surface area contributed by atoms with E-state index in [9.17, 15) is 49.8 Å². The van der Waals surface area contributed by atoms with Gasteiger partial charge in [0.2, 0.25) is 0 Å². The highest BCUT2D eigenvalue weighted by atomic mass is 16.7. The van der Waals surface area contributed by atoms with Crippen molar-refractivity contribution < 1.29 is 117 Å². The summed E-state index contributed by atoms with van der Waals surface area (Å²) in [4.78, 5) is 46.2. The lowest BCUT2D eigenvalue weighted by Crippen LogP contribution is -2.59. The summed E-state index contributed by atoms with van der Waals surface area (Å²) in [6.07, 6.45) is -8.12. The third-order valence-corrected chi connectivity index (χ3v) is 17.0. The molecule has 3 fully saturated rings. The van der Waals surface area contributed by atoms with Crippen LogP contribution in [0.4, 0.5) is 0 Å². The molecule has 24 heteroatoms. The zero-order valence-electron chi connectivity index (χ0n) is 59.1. The van der Waals surface area contributed by atoms with Crippen LogP contribution in [0.1, 0.15) is 156 Å². The van der Waals surface area contributed by atoms with Crippen LogP contribution in [0.5, 0.6) is 0 Å². The molecule has 0 amide bonds. The van der Waals surface area contributed by atoms with Crippen molar-refractivity contribution in [3.8, 4) is 0 Å². The van der Waals surface area contributed by atoms with Gasteiger partial charge in [-0.05, 0) is 76.1 Å². The van der Waals surface area contributed by atoms with E-state index in [-0.39, 0.29) is 49.5 Å². The maximum Gasteiger partial charge on any atom is 0.308 e. The number of rotatable bonds is 37. The fraction of sp³-hybridized carbons (Fsp3) is 0.627. The lowest BCUT2D eigenvalue weighted by molar-refractivity contribution is -0.310. The molecule has 3 aliphatic rings. The van der Waals surface area contributed by atoms with Gasteiger partial charge < -0.3 is 97.7 Å². The summed E-state index contributed by atoms with van der Waals surface area (Å²) < 4.78 is 72.0. The molecule has 7 rings (SSSR count). The van der Waals surface area contributed by atoms with Gasteiger partial charge in [-0.2, -0.15) is 0 Å². The molecule has 4 aromatic carbocycles. The molecule has 3 saturated heterocycles. The van der Waals surface area contributed by atoms with E-state index < -0.39 is 141 Å². The maximum absolute atomic E-state index is 12.6. The van der Waals surface area contributed by atoms with Gasteiger partial charge in [0.25, 0.3) is 0 Å². The molecule has 0 bridgehead atoms. The highest BCUT2D eigenvalue weighted by molar-refractivity contribution is 5.74. The van der Waals surface area contributed by atoms with E-state index in [0.29, 0.717) is 32.8 Å². The van der Waals surface area contributed by atoms with Crippen molar-refractivity contribution >= 4 is 23.9 Å². The molecule has 0 radical (unpaired) electrons. The van der Waals surface area contributed by atoms with Gasteiger partial charge in [0.1, 0.15) is 62.0 Å². The molecule has 554 valence electrons. The standard InChI is InChI=1S/C32H44O9.C26H36O5.C17H30O10/c1-5-12-22(2)40-31-23(3)29(38-19-24-13-8-6-9-14-24)30(39-20-25-15-10-7-11-16-25)26(41-31)21-37-28(35)18-32(4,36)17-27(33)34;1-4-11-19(2)30-26-20(3)24(28-17-21-12-7-5-8-13-21)25(23(16-27)31-26)29-18-22-14-9-6-10-15-22;1-4-5-9(2)26-16-15(23)14(22)13(21)10(27-16)8-25-12(20)7-17(3,24)6-11(18)19/h6-11,13-16,22-23,26,29-31,36H,5,12,17-21H2,1-4H3,(H,33,34);5-10,12-15,19-20,23-27H,4,11,16-18H2,1-3H3;9-10,13-16,21-24H,4-8H2,1-3H3,(H,18,19)/t22-,23+,26+,29+,30+,31+,32?;19-,20-,23-,24-,25-,26-;9-,10+,13+,14-,15+,16+,17?/m010/s1. The van der Waals surface area contributed by atoms with Gasteiger partial charge in [-0.15, -0.1) is 0 Å². The van der Waals surface area contributed by atoms with E-state index in [1.807, 2.05) is 142 Å². The van der Waals surface area contributed by atoms with Crippen LogP contribution in [0.3, 0.4) is 0 Å². The summed E-state index contributed by atoms with van der Waals surface area (Å²) in [7, 11) is 0. The van der Waals surface area contributed by atoms with Gasteiger partial charge in [-0.3, -0.25) is 19.2 Å². The van der Waals surface area contributed by atoms with Gasteiger partial charge in [0, 0.05) is 11.8 Å². The van der Waals surface area contributed by atoms with E-state index >= 15 is 0 Å². The SMILES string of the molecule is CCC[C@@H](C)O[C@@H]1O[C@H](CO)[C@@H](OCc2ccccc2)[C@H](OCc2ccccc2)[C@H]1C.CCC[C@H](C)O[C@@H]1O[C@H](COC(=O)CC(C)(O)CC(=O)O)[C@@H](O)[C@H](O)[C@H]1O.CCC[C@H](C)O[C@@H]1O[C@H](COC(=O)CC(C)(O)CC(=O)O)[C@@H](OCc2ccccc2)[C@H](OCc2ccccc2)[C@H]1C. The van der Waals surface area contributed by atoms with Crippen molar-refractivity contribution in [2.45, 2.75) is 269 Å². The Hall–Kier alpha value is -5.88. The molecule has 8 N–H and O–H groups in total. The third-order valence-electron chi connectivity index (χ3n) is 17.0. The van der Waals surface area contributed by atoms with Gasteiger partial charge in [0.05, 0.1) is 100 Å². The number of aliphatic hydroxyl groups is 6. The van der Waals surface area contributed by atoms with Gasteiger partial charge in [-0.1, -0.05) is 175 Å². The van der Waals surface area contributed by atoms with Crippen molar-refractivity contribution in [1.29, 1.82) is 0 Å². The number of aliphatic carboxylic acids is 2. The number of hydrogen-bond acceptors (Lipinski definition) is 22. The number of carbonyl (C=O) groups is 4. The van der Waals surface area contributed by atoms with Crippen LogP contribution in [0.25, 0.3) is 0 Å². The monoisotopic (exact) mass is 1390 g/mol. The number of aliphatic hydroxyl groups excluding tert-OH is 4. The van der Waals surface area contributed by atoms with E-state index in [0.717, 1.165) is 54.4 Å². The van der Waals surface area contributed by atoms with Crippen LogP contribution in [0.15, 0.2) is 121 Å². The predicted octanol–water partition coefficient (Wildman–Crippen LogP) is 8.76. The molecule has 0 saturated carbocycles. The lowest BCUT2D eigenvalue weighted by Gasteiger charge is -2.45. The first-order chi connectivity index (χ1) is 47.2. The quantitative estimate of drug-likeness (QED) is 0.0196. The van der Waals surface area contributed by atoms with E-state index in [1.54, 1.807) is 6.92 Å². The third kappa shape index (κ3) is 29.5. The van der Waals surface area contributed by atoms with Crippen molar-refractivity contribution in [2.24, 2.45) is 11.8 Å². The fourth-order valence-corrected chi connectivity index (χ4v) is 11.8. The molecule has 4 aromatic rings. The average molecular weight is 1400 g/mol. The number of esters is 2. The van der Waals surface area contributed by atoms with Crippen molar-refractivity contribution in [1.82, 2.24) is 0 Å². The van der Waals surface area contributed by atoms with Crippen LogP contribution >= 0.6 is 0 Å². The van der Waals surface area contributed by atoms with Gasteiger partial charge >= 0.3 is 23.9 Å². The highest BCUT2D eigenvalue weighted by Crippen LogP contribution is 2.36. The summed E-state index contributed by atoms with van der Waals surface area (Å²) in [6, 6.07) is 39.7. The normalized spacial score (nSPS) is 27.4. The molecule has 3 heterocycles. The first kappa shape index (κ1) is 83.8. The fourth-order valence-electron chi connectivity index (χ4n) is 11.8. The summed E-state index contributed by atoms with van der Waals surface area (Å²) in [6.45, 7) is 19.3. The minimum atomic E-state index is -1.79. The molecule has 0 aromatic heterocycles. The van der Waals surface area contributed by atoms with E-state index in [4.69, 9.17) is 67.1 Å². The number of carboxylic acid groups (broad SMARTS) is 2.